The molecule has 2 aromatic carbocycles. The van der Waals surface area contributed by atoms with Gasteiger partial charge in [-0.25, -0.2) is 0 Å². The van der Waals surface area contributed by atoms with E-state index in [9.17, 15) is 18.0 Å². The second-order valence-electron chi connectivity index (χ2n) is 10.5. The number of hydrogen-bond donors (Lipinski definition) is 0. The fourth-order valence-electron chi connectivity index (χ4n) is 5.40. The number of amides is 1. The number of rotatable bonds is 9. The second-order valence-corrected chi connectivity index (χ2v) is 10.9. The van der Waals surface area contributed by atoms with Crippen molar-refractivity contribution in [3.05, 3.63) is 69.7 Å². The number of carbonyl (C=O) groups is 1. The summed E-state index contributed by atoms with van der Waals surface area (Å²) in [7, 11) is 1.97. The van der Waals surface area contributed by atoms with E-state index in [4.69, 9.17) is 16.3 Å². The lowest BCUT2D eigenvalue weighted by atomic mass is 9.92. The van der Waals surface area contributed by atoms with Crippen LogP contribution in [0.3, 0.4) is 0 Å². The summed E-state index contributed by atoms with van der Waals surface area (Å²) < 4.78 is 44.4. The van der Waals surface area contributed by atoms with Gasteiger partial charge in [-0.3, -0.25) is 14.6 Å². The number of carbonyl (C=O) groups excluding carboxylic acids is 1. The lowest BCUT2D eigenvalue weighted by molar-refractivity contribution is -0.137. The zero-order valence-electron chi connectivity index (χ0n) is 22.1. The van der Waals surface area contributed by atoms with E-state index in [0.29, 0.717) is 31.1 Å². The average molecular weight is 552 g/mol. The summed E-state index contributed by atoms with van der Waals surface area (Å²) >= 11 is 6.45. The van der Waals surface area contributed by atoms with Crippen molar-refractivity contribution in [2.45, 2.75) is 50.9 Å². The Labute approximate surface area is 228 Å². The number of likely N-dealkylation sites (N-methyl/N-ethyl adjacent to an activating group) is 1. The average Bonchev–Trinajstić information content (AvgIpc) is 3.34. The Kier molecular flexibility index (Phi) is 9.74. The van der Waals surface area contributed by atoms with Crippen molar-refractivity contribution in [2.75, 3.05) is 53.0 Å². The van der Waals surface area contributed by atoms with Crippen LogP contribution in [0.2, 0.25) is 5.02 Å². The molecule has 9 heteroatoms. The molecule has 1 unspecified atom stereocenters. The molecule has 1 amide bonds. The van der Waals surface area contributed by atoms with Crippen LogP contribution in [0.25, 0.3) is 0 Å². The van der Waals surface area contributed by atoms with Gasteiger partial charge in [0, 0.05) is 56.1 Å². The highest BCUT2D eigenvalue weighted by molar-refractivity contribution is 6.31. The number of halogens is 4. The van der Waals surface area contributed by atoms with Crippen molar-refractivity contribution in [3.63, 3.8) is 0 Å². The van der Waals surface area contributed by atoms with Crippen molar-refractivity contribution in [1.29, 1.82) is 0 Å². The van der Waals surface area contributed by atoms with E-state index < -0.39 is 11.7 Å². The third-order valence-corrected chi connectivity index (χ3v) is 8.17. The van der Waals surface area contributed by atoms with Crippen molar-refractivity contribution in [3.8, 4) is 0 Å². The van der Waals surface area contributed by atoms with Crippen LogP contribution in [0.15, 0.2) is 42.5 Å². The number of likely N-dealkylation sites (tertiary alicyclic amines) is 1. The number of aryl methyl sites for hydroxylation is 1. The molecule has 0 saturated carbocycles. The fourth-order valence-corrected chi connectivity index (χ4v) is 5.59. The van der Waals surface area contributed by atoms with Crippen molar-refractivity contribution in [1.82, 2.24) is 14.7 Å². The minimum Gasteiger partial charge on any atom is -0.379 e. The molecule has 2 aliphatic rings. The molecule has 0 aliphatic carbocycles. The normalized spacial score (nSPS) is 20.9. The maximum absolute atomic E-state index is 13.2. The van der Waals surface area contributed by atoms with Gasteiger partial charge in [-0.2, -0.15) is 13.2 Å². The Morgan fingerprint density at radius 3 is 2.45 bits per heavy atom. The molecule has 0 aromatic heterocycles. The summed E-state index contributed by atoms with van der Waals surface area (Å²) in [6.45, 7) is 8.07. The molecule has 2 aromatic rings. The Morgan fingerprint density at radius 2 is 1.79 bits per heavy atom. The summed E-state index contributed by atoms with van der Waals surface area (Å²) in [5.74, 6) is 0.213. The molecule has 38 heavy (non-hydrogen) atoms. The Bertz CT molecular complexity index is 1070. The summed E-state index contributed by atoms with van der Waals surface area (Å²) in [6.07, 6.45) is -2.01. The van der Waals surface area contributed by atoms with Crippen LogP contribution in [0.5, 0.6) is 0 Å². The van der Waals surface area contributed by atoms with Crippen LogP contribution >= 0.6 is 11.6 Å². The predicted molar refractivity (Wildman–Crippen MR) is 143 cm³/mol. The van der Waals surface area contributed by atoms with E-state index in [0.717, 1.165) is 74.5 Å². The van der Waals surface area contributed by atoms with E-state index in [1.807, 2.05) is 31.0 Å². The number of nitrogens with zero attached hydrogens (tertiary/aromatic N) is 3. The van der Waals surface area contributed by atoms with Crippen molar-refractivity contribution >= 4 is 17.5 Å². The Hall–Kier alpha value is -2.13. The van der Waals surface area contributed by atoms with Crippen LogP contribution in [-0.4, -0.2) is 79.6 Å². The van der Waals surface area contributed by atoms with E-state index >= 15 is 0 Å². The van der Waals surface area contributed by atoms with E-state index in [-0.39, 0.29) is 17.9 Å². The van der Waals surface area contributed by atoms with Gasteiger partial charge in [0.25, 0.3) is 0 Å². The molecule has 0 bridgehead atoms. The summed E-state index contributed by atoms with van der Waals surface area (Å²) in [4.78, 5) is 19.7. The summed E-state index contributed by atoms with van der Waals surface area (Å²) in [5.41, 5.74) is 2.22. The number of alkyl halides is 3. The van der Waals surface area contributed by atoms with Crippen molar-refractivity contribution < 1.29 is 22.7 Å². The molecule has 2 aliphatic heterocycles. The molecule has 2 fully saturated rings. The van der Waals surface area contributed by atoms with Crippen LogP contribution in [0.1, 0.15) is 47.4 Å². The van der Waals surface area contributed by atoms with Gasteiger partial charge in [0.05, 0.1) is 18.8 Å². The van der Waals surface area contributed by atoms with E-state index in [2.05, 4.69) is 15.9 Å². The first-order valence-electron chi connectivity index (χ1n) is 13.3. The van der Waals surface area contributed by atoms with E-state index in [1.54, 1.807) is 0 Å². The predicted octanol–water partition coefficient (Wildman–Crippen LogP) is 5.60. The molecule has 0 N–H and O–H groups in total. The summed E-state index contributed by atoms with van der Waals surface area (Å²) in [6, 6.07) is 11.4. The van der Waals surface area contributed by atoms with Gasteiger partial charge in [0.2, 0.25) is 5.91 Å². The van der Waals surface area contributed by atoms with Gasteiger partial charge in [-0.05, 0) is 68.2 Å². The molecule has 5 nitrogen and oxygen atoms in total. The largest absolute Gasteiger partial charge is 0.416 e. The molecule has 2 atom stereocenters. The van der Waals surface area contributed by atoms with Crippen LogP contribution in [0, 0.1) is 6.92 Å². The maximum Gasteiger partial charge on any atom is 0.416 e. The quantitative estimate of drug-likeness (QED) is 0.380. The van der Waals surface area contributed by atoms with Crippen LogP contribution < -0.4 is 0 Å². The lowest BCUT2D eigenvalue weighted by Crippen LogP contribution is -2.38. The maximum atomic E-state index is 13.2. The number of benzene rings is 2. The molecule has 0 spiro atoms. The van der Waals surface area contributed by atoms with Gasteiger partial charge < -0.3 is 9.64 Å². The first-order chi connectivity index (χ1) is 18.1. The third kappa shape index (κ3) is 7.50. The zero-order chi connectivity index (χ0) is 27.3. The third-order valence-electron chi connectivity index (χ3n) is 7.76. The first kappa shape index (κ1) is 28.9. The molecule has 2 saturated heterocycles. The summed E-state index contributed by atoms with van der Waals surface area (Å²) in [5, 5.41) is 0.694. The van der Waals surface area contributed by atoms with E-state index in [1.165, 1.54) is 12.1 Å². The lowest BCUT2D eigenvalue weighted by Gasteiger charge is -2.29. The highest BCUT2D eigenvalue weighted by Crippen LogP contribution is 2.34. The molecule has 4 rings (SSSR count). The number of morpholine rings is 1. The fraction of sp³-hybridized carbons (Fsp3) is 0.552. The SMILES string of the molecule is Cc1ccc([C@H]2CN(C(=O)CCCCN3CCOCC3)CC2N(C)Cc2ccc(C(F)(F)F)cc2)cc1Cl. The minimum absolute atomic E-state index is 0.0216. The Morgan fingerprint density at radius 1 is 1.08 bits per heavy atom. The smallest absolute Gasteiger partial charge is 0.379 e. The zero-order valence-corrected chi connectivity index (χ0v) is 22.9. The topological polar surface area (TPSA) is 36.0 Å². The van der Waals surface area contributed by atoms with Gasteiger partial charge in [0.1, 0.15) is 0 Å². The second kappa shape index (κ2) is 12.8. The molecule has 0 radical (unpaired) electrons. The molecule has 208 valence electrons. The minimum atomic E-state index is -4.35. The standard InChI is InChI=1S/C29H37ClF3N3O2/c1-21-6-9-23(17-26(21)30)25-19-36(28(37)5-3-4-12-35-13-15-38-16-14-35)20-27(25)34(2)18-22-7-10-24(11-8-22)29(31,32)33/h6-11,17,25,27H,3-5,12-16,18-20H2,1-2H3/t25-,27?/m1/s1. The molecular weight excluding hydrogens is 515 g/mol. The number of unbranched alkanes of at least 4 members (excludes halogenated alkanes) is 1. The first-order valence-corrected chi connectivity index (χ1v) is 13.7. The van der Waals surface area contributed by atoms with Crippen LogP contribution in [0.4, 0.5) is 13.2 Å². The number of hydrogen-bond acceptors (Lipinski definition) is 4. The van der Waals surface area contributed by atoms with Crippen molar-refractivity contribution in [2.24, 2.45) is 0 Å². The highest BCUT2D eigenvalue weighted by atomic mass is 35.5. The number of ether oxygens (including phenoxy) is 1. The van der Waals surface area contributed by atoms with Crippen LogP contribution in [-0.2, 0) is 22.3 Å². The monoisotopic (exact) mass is 551 g/mol. The van der Waals surface area contributed by atoms with Gasteiger partial charge in [-0.1, -0.05) is 35.9 Å². The van der Waals surface area contributed by atoms with Gasteiger partial charge in [0.15, 0.2) is 0 Å². The Balaban J connectivity index is 1.41. The van der Waals surface area contributed by atoms with Gasteiger partial charge in [-0.15, -0.1) is 0 Å². The van der Waals surface area contributed by atoms with Gasteiger partial charge >= 0.3 is 6.18 Å². The molecular formula is C29H37ClF3N3O2. The molecule has 2 heterocycles. The highest BCUT2D eigenvalue weighted by Gasteiger charge is 2.38.